The molecule has 3 aromatic rings. The van der Waals surface area contributed by atoms with Crippen molar-refractivity contribution in [3.8, 4) is 11.3 Å². The predicted octanol–water partition coefficient (Wildman–Crippen LogP) is 9.42. The summed E-state index contributed by atoms with van der Waals surface area (Å²) in [5.74, 6) is 4.51. The first-order chi connectivity index (χ1) is 18.6. The third-order valence-corrected chi connectivity index (χ3v) is 12.1. The van der Waals surface area contributed by atoms with Crippen LogP contribution in [0.25, 0.3) is 22.0 Å². The molecule has 6 aliphatic carbocycles. The Hall–Kier alpha value is -2.15. The lowest BCUT2D eigenvalue weighted by Gasteiger charge is -2.57. The molecule has 2 aromatic carbocycles. The summed E-state index contributed by atoms with van der Waals surface area (Å²) >= 11 is 0. The second-order valence-corrected chi connectivity index (χ2v) is 14.5. The maximum Gasteiger partial charge on any atom is 0.220 e. The fourth-order valence-corrected chi connectivity index (χ4v) is 10.7. The van der Waals surface area contributed by atoms with Gasteiger partial charge in [0.1, 0.15) is 7.05 Å². The summed E-state index contributed by atoms with van der Waals surface area (Å²) in [5.41, 5.74) is 9.92. The maximum absolute atomic E-state index is 2.65. The Kier molecular flexibility index (Phi) is 5.58. The van der Waals surface area contributed by atoms with Crippen LogP contribution in [0, 0.1) is 24.7 Å². The monoisotopic (exact) mass is 504 g/mol. The molecule has 6 fully saturated rings. The third-order valence-electron chi connectivity index (χ3n) is 12.1. The van der Waals surface area contributed by atoms with Crippen LogP contribution in [0.4, 0.5) is 0 Å². The minimum atomic E-state index is 0.467. The Bertz CT molecular complexity index is 1350. The molecule has 0 aliphatic heterocycles. The third kappa shape index (κ3) is 3.74. The summed E-state index contributed by atoms with van der Waals surface area (Å²) in [6.07, 6.45) is 22.4. The van der Waals surface area contributed by atoms with Gasteiger partial charge in [0.15, 0.2) is 6.20 Å². The lowest BCUT2D eigenvalue weighted by atomic mass is 9.48. The molecule has 1 heterocycles. The quantitative estimate of drug-likeness (QED) is 0.312. The molecule has 38 heavy (non-hydrogen) atoms. The van der Waals surface area contributed by atoms with Gasteiger partial charge in [0.25, 0.3) is 0 Å². The number of rotatable bonds is 4. The fourth-order valence-electron chi connectivity index (χ4n) is 10.7. The van der Waals surface area contributed by atoms with Crippen LogP contribution in [0.1, 0.15) is 124 Å². The second-order valence-electron chi connectivity index (χ2n) is 14.5. The van der Waals surface area contributed by atoms with E-state index in [9.17, 15) is 0 Å². The zero-order valence-corrected chi connectivity index (χ0v) is 23.8. The van der Waals surface area contributed by atoms with Gasteiger partial charge in [-0.15, -0.1) is 0 Å². The van der Waals surface area contributed by atoms with Crippen molar-refractivity contribution in [2.45, 2.75) is 114 Å². The molecule has 198 valence electrons. The van der Waals surface area contributed by atoms with Crippen molar-refractivity contribution in [2.75, 3.05) is 0 Å². The Morgan fingerprint density at radius 3 is 2.03 bits per heavy atom. The number of pyridine rings is 1. The molecule has 0 atom stereocenters. The number of hydrogen-bond donors (Lipinski definition) is 0. The Labute approximate surface area is 230 Å². The molecule has 1 heteroatoms. The van der Waals surface area contributed by atoms with Gasteiger partial charge in [0.2, 0.25) is 5.69 Å². The molecular weight excluding hydrogens is 458 g/mol. The minimum absolute atomic E-state index is 0.467. The highest BCUT2D eigenvalue weighted by atomic mass is 14.9. The van der Waals surface area contributed by atoms with Gasteiger partial charge in [0, 0.05) is 6.07 Å². The van der Waals surface area contributed by atoms with E-state index in [1.54, 1.807) is 22.3 Å². The molecular formula is C37H46N+. The molecule has 6 saturated carbocycles. The molecule has 1 aromatic heterocycles. The first-order valence-electron chi connectivity index (χ1n) is 16.1. The standard InChI is InChI=1S/C37H46N/c1-24-34(29-9-5-6-10-29)19-31(28-7-3-4-8-28)20-35(24)36-33-12-11-32(18-30(33)13-14-38(36)2)37-21-25-15-26(22-37)17-27(16-25)23-37/h11-14,18-20,25-29H,3-10,15-17,21-23H2,1-2H3/q+1. The Morgan fingerprint density at radius 2 is 1.37 bits per heavy atom. The van der Waals surface area contributed by atoms with E-state index >= 15 is 0 Å². The lowest BCUT2D eigenvalue weighted by molar-refractivity contribution is -0.659. The smallest absolute Gasteiger partial charge is 0.200 e. The van der Waals surface area contributed by atoms with Crippen molar-refractivity contribution >= 4 is 10.8 Å². The zero-order chi connectivity index (χ0) is 25.4. The van der Waals surface area contributed by atoms with Gasteiger partial charge in [-0.3, -0.25) is 0 Å². The van der Waals surface area contributed by atoms with Gasteiger partial charge >= 0.3 is 0 Å². The normalized spacial score (nSPS) is 31.2. The molecule has 0 unspecified atom stereocenters. The van der Waals surface area contributed by atoms with Crippen LogP contribution in [0.5, 0.6) is 0 Å². The summed E-state index contributed by atoms with van der Waals surface area (Å²) in [4.78, 5) is 0. The molecule has 0 amide bonds. The number of hydrogen-bond acceptors (Lipinski definition) is 0. The van der Waals surface area contributed by atoms with Gasteiger partial charge in [-0.1, -0.05) is 43.9 Å². The van der Waals surface area contributed by atoms with Gasteiger partial charge in [0.05, 0.1) is 10.9 Å². The number of fused-ring (bicyclic) bond motifs is 1. The Balaban J connectivity index is 1.27. The van der Waals surface area contributed by atoms with Crippen molar-refractivity contribution in [3.05, 3.63) is 64.8 Å². The second kappa shape index (κ2) is 8.94. The predicted molar refractivity (Wildman–Crippen MR) is 158 cm³/mol. The molecule has 0 spiro atoms. The molecule has 6 aliphatic rings. The van der Waals surface area contributed by atoms with E-state index < -0.39 is 0 Å². The molecule has 4 bridgehead atoms. The molecule has 0 radical (unpaired) electrons. The van der Waals surface area contributed by atoms with Crippen LogP contribution < -0.4 is 4.57 Å². The van der Waals surface area contributed by atoms with E-state index in [0.29, 0.717) is 5.41 Å². The number of aromatic nitrogens is 1. The average Bonchev–Trinajstić information content (AvgIpc) is 3.63. The summed E-state index contributed by atoms with van der Waals surface area (Å²) in [7, 11) is 2.28. The van der Waals surface area contributed by atoms with Gasteiger partial charge in [-0.25, -0.2) is 4.57 Å². The largest absolute Gasteiger partial charge is 0.220 e. The minimum Gasteiger partial charge on any atom is -0.200 e. The van der Waals surface area contributed by atoms with Crippen LogP contribution >= 0.6 is 0 Å². The van der Waals surface area contributed by atoms with E-state index in [-0.39, 0.29) is 0 Å². The van der Waals surface area contributed by atoms with Crippen molar-refractivity contribution in [2.24, 2.45) is 24.8 Å². The van der Waals surface area contributed by atoms with Crippen LogP contribution in [0.15, 0.2) is 42.6 Å². The number of nitrogens with zero attached hydrogens (tertiary/aromatic N) is 1. The van der Waals surface area contributed by atoms with E-state index in [0.717, 1.165) is 29.6 Å². The van der Waals surface area contributed by atoms with Crippen molar-refractivity contribution in [1.29, 1.82) is 0 Å². The average molecular weight is 505 g/mol. The van der Waals surface area contributed by atoms with Crippen LogP contribution in [-0.4, -0.2) is 0 Å². The van der Waals surface area contributed by atoms with Crippen molar-refractivity contribution in [1.82, 2.24) is 0 Å². The van der Waals surface area contributed by atoms with Crippen LogP contribution in [0.2, 0.25) is 0 Å². The number of aryl methyl sites for hydroxylation is 1. The van der Waals surface area contributed by atoms with Gasteiger partial charge < -0.3 is 0 Å². The topological polar surface area (TPSA) is 3.88 Å². The van der Waals surface area contributed by atoms with Gasteiger partial charge in [-0.05, 0) is 146 Å². The van der Waals surface area contributed by atoms with E-state index in [1.165, 1.54) is 112 Å². The van der Waals surface area contributed by atoms with Gasteiger partial charge in [-0.2, -0.15) is 0 Å². The van der Waals surface area contributed by atoms with E-state index in [4.69, 9.17) is 0 Å². The fraction of sp³-hybridized carbons (Fsp3) is 0.595. The molecule has 9 rings (SSSR count). The number of benzene rings is 2. The van der Waals surface area contributed by atoms with E-state index in [2.05, 4.69) is 61.1 Å². The zero-order valence-electron chi connectivity index (χ0n) is 23.8. The lowest BCUT2D eigenvalue weighted by Crippen LogP contribution is -2.48. The summed E-state index contributed by atoms with van der Waals surface area (Å²) in [6, 6.07) is 15.4. The molecule has 1 nitrogen and oxygen atoms in total. The van der Waals surface area contributed by atoms with Crippen molar-refractivity contribution in [3.63, 3.8) is 0 Å². The van der Waals surface area contributed by atoms with Crippen molar-refractivity contribution < 1.29 is 4.57 Å². The molecule has 0 N–H and O–H groups in total. The van der Waals surface area contributed by atoms with E-state index in [1.807, 2.05) is 0 Å². The first kappa shape index (κ1) is 23.7. The SMILES string of the molecule is Cc1c(-c2c3ccc(C45CC6CC(CC(C6)C4)C5)cc3cc[n+]2C)cc(C2CCCC2)cc1C1CCCC1. The highest BCUT2D eigenvalue weighted by molar-refractivity contribution is 5.94. The summed E-state index contributed by atoms with van der Waals surface area (Å²) in [6.45, 7) is 2.43. The Morgan fingerprint density at radius 1 is 0.737 bits per heavy atom. The molecule has 0 saturated heterocycles. The summed E-state index contributed by atoms with van der Waals surface area (Å²) in [5, 5.41) is 2.91. The highest BCUT2D eigenvalue weighted by Crippen LogP contribution is 2.61. The first-order valence-corrected chi connectivity index (χ1v) is 16.1. The van der Waals surface area contributed by atoms with Crippen LogP contribution in [0.3, 0.4) is 0 Å². The summed E-state index contributed by atoms with van der Waals surface area (Å²) < 4.78 is 2.42. The van der Waals surface area contributed by atoms with Crippen LogP contribution in [-0.2, 0) is 12.5 Å². The maximum atomic E-state index is 2.65. The highest BCUT2D eigenvalue weighted by Gasteiger charge is 2.51.